The highest BCUT2D eigenvalue weighted by Gasteiger charge is 2.33. The highest BCUT2D eigenvalue weighted by Crippen LogP contribution is 2.33. The lowest BCUT2D eigenvalue weighted by Gasteiger charge is -2.32. The predicted molar refractivity (Wildman–Crippen MR) is 83.1 cm³/mol. The number of benzene rings is 1. The molecule has 0 amide bonds. The van der Waals surface area contributed by atoms with Crippen molar-refractivity contribution in [2.75, 3.05) is 32.5 Å². The Balaban J connectivity index is 2.57. The van der Waals surface area contributed by atoms with E-state index in [2.05, 4.69) is 12.6 Å². The Morgan fingerprint density at radius 3 is 2.55 bits per heavy atom. The summed E-state index contributed by atoms with van der Waals surface area (Å²) >= 11 is 10.3. The van der Waals surface area contributed by atoms with Crippen molar-refractivity contribution >= 4 is 41.9 Å². The van der Waals surface area contributed by atoms with Gasteiger partial charge in [0, 0.05) is 9.92 Å². The maximum Gasteiger partial charge on any atom is 0.355 e. The zero-order chi connectivity index (χ0) is 16.3. The van der Waals surface area contributed by atoms with Gasteiger partial charge in [-0.1, -0.05) is 11.6 Å². The topological polar surface area (TPSA) is 65.1 Å². The number of anilines is 1. The summed E-state index contributed by atoms with van der Waals surface area (Å²) in [6.07, 6.45) is 0. The number of nitrogens with zero attached hydrogens (tertiary/aromatic N) is 1. The quantitative estimate of drug-likeness (QED) is 0.669. The Labute approximate surface area is 138 Å². The average Bonchev–Trinajstić information content (AvgIpc) is 2.52. The first kappa shape index (κ1) is 16.7. The van der Waals surface area contributed by atoms with Gasteiger partial charge in [-0.15, -0.1) is 12.6 Å². The summed E-state index contributed by atoms with van der Waals surface area (Å²) in [6, 6.07) is 4.95. The molecular formula is C14H14ClNO5S. The van der Waals surface area contributed by atoms with Gasteiger partial charge in [-0.2, -0.15) is 0 Å². The number of hydrogen-bond donors (Lipinski definition) is 1. The molecule has 1 aromatic rings. The van der Waals surface area contributed by atoms with Crippen LogP contribution in [0.15, 0.2) is 34.4 Å². The van der Waals surface area contributed by atoms with E-state index in [-0.39, 0.29) is 24.6 Å². The molecule has 2 rings (SSSR count). The number of ether oxygens (including phenoxy) is 3. The van der Waals surface area contributed by atoms with E-state index < -0.39 is 11.9 Å². The molecule has 0 spiro atoms. The van der Waals surface area contributed by atoms with Crippen molar-refractivity contribution in [1.82, 2.24) is 0 Å². The molecule has 22 heavy (non-hydrogen) atoms. The number of methoxy groups -OCH3 is 2. The summed E-state index contributed by atoms with van der Waals surface area (Å²) in [4.78, 5) is 26.0. The highest BCUT2D eigenvalue weighted by molar-refractivity contribution is 7.80. The number of halogens is 1. The van der Waals surface area contributed by atoms with E-state index in [1.165, 1.54) is 19.1 Å². The van der Waals surface area contributed by atoms with Crippen molar-refractivity contribution in [2.24, 2.45) is 0 Å². The average molecular weight is 344 g/mol. The lowest BCUT2D eigenvalue weighted by Crippen LogP contribution is -2.39. The van der Waals surface area contributed by atoms with Gasteiger partial charge in [0.15, 0.2) is 0 Å². The number of rotatable bonds is 3. The molecule has 0 bridgehead atoms. The number of esters is 2. The first-order valence-electron chi connectivity index (χ1n) is 6.23. The SMILES string of the molecule is COC(=O)C1=C(C(=O)OC)N(c2ccc(Cl)cc2S)COC1. The van der Waals surface area contributed by atoms with Gasteiger partial charge in [-0.25, -0.2) is 9.59 Å². The molecule has 0 saturated carbocycles. The molecule has 1 heterocycles. The minimum absolute atomic E-state index is 0.0386. The van der Waals surface area contributed by atoms with Crippen LogP contribution in [0.4, 0.5) is 5.69 Å². The molecule has 118 valence electrons. The summed E-state index contributed by atoms with van der Waals surface area (Å²) in [7, 11) is 2.47. The summed E-state index contributed by atoms with van der Waals surface area (Å²) in [5.74, 6) is -1.31. The van der Waals surface area contributed by atoms with Crippen LogP contribution in [0.3, 0.4) is 0 Å². The molecule has 0 aliphatic carbocycles. The summed E-state index contributed by atoms with van der Waals surface area (Å²) < 4.78 is 14.8. The third kappa shape index (κ3) is 3.21. The predicted octanol–water partition coefficient (Wildman–Crippen LogP) is 2.02. The van der Waals surface area contributed by atoms with Gasteiger partial charge < -0.3 is 19.1 Å². The van der Waals surface area contributed by atoms with Crippen LogP contribution in [-0.4, -0.2) is 39.5 Å². The number of carbonyl (C=O) groups excluding carboxylic acids is 2. The molecular weight excluding hydrogens is 330 g/mol. The third-order valence-electron chi connectivity index (χ3n) is 3.06. The number of thiol groups is 1. The third-order valence-corrected chi connectivity index (χ3v) is 3.65. The Bertz CT molecular complexity index is 646. The monoisotopic (exact) mass is 343 g/mol. The van der Waals surface area contributed by atoms with Crippen molar-refractivity contribution in [1.29, 1.82) is 0 Å². The van der Waals surface area contributed by atoms with Gasteiger partial charge in [-0.05, 0) is 18.2 Å². The van der Waals surface area contributed by atoms with Crippen LogP contribution in [0, 0.1) is 0 Å². The van der Waals surface area contributed by atoms with Gasteiger partial charge >= 0.3 is 11.9 Å². The zero-order valence-corrected chi connectivity index (χ0v) is 13.6. The van der Waals surface area contributed by atoms with Crippen LogP contribution in [-0.2, 0) is 23.8 Å². The van der Waals surface area contributed by atoms with E-state index in [0.29, 0.717) is 15.6 Å². The van der Waals surface area contributed by atoms with Gasteiger partial charge in [0.05, 0.1) is 32.1 Å². The molecule has 1 aliphatic heterocycles. The molecule has 0 fully saturated rings. The largest absolute Gasteiger partial charge is 0.466 e. The van der Waals surface area contributed by atoms with E-state index >= 15 is 0 Å². The maximum absolute atomic E-state index is 12.1. The highest BCUT2D eigenvalue weighted by atomic mass is 35.5. The van der Waals surface area contributed by atoms with Crippen molar-refractivity contribution in [3.8, 4) is 0 Å². The minimum atomic E-state index is -0.661. The Hall–Kier alpha value is -1.70. The van der Waals surface area contributed by atoms with Crippen LogP contribution in [0.25, 0.3) is 0 Å². The van der Waals surface area contributed by atoms with Crippen LogP contribution in [0.2, 0.25) is 5.02 Å². The van der Waals surface area contributed by atoms with E-state index in [1.807, 2.05) is 0 Å². The van der Waals surface area contributed by atoms with E-state index in [0.717, 1.165) is 0 Å². The smallest absolute Gasteiger partial charge is 0.355 e. The van der Waals surface area contributed by atoms with Crippen LogP contribution >= 0.6 is 24.2 Å². The molecule has 0 radical (unpaired) electrons. The van der Waals surface area contributed by atoms with Crippen LogP contribution in [0.1, 0.15) is 0 Å². The standard InChI is InChI=1S/C14H14ClNO5S/c1-19-13(17)9-6-21-7-16(12(9)14(18)20-2)10-4-3-8(15)5-11(10)22/h3-5,22H,6-7H2,1-2H3. The fourth-order valence-corrected chi connectivity index (χ4v) is 2.64. The molecule has 0 saturated heterocycles. The molecule has 8 heteroatoms. The first-order valence-corrected chi connectivity index (χ1v) is 7.05. The Kier molecular flexibility index (Phi) is 5.33. The fraction of sp³-hybridized carbons (Fsp3) is 0.286. The number of carbonyl (C=O) groups is 2. The normalized spacial score (nSPS) is 14.8. The summed E-state index contributed by atoms with van der Waals surface area (Å²) in [6.45, 7) is 0.0310. The molecule has 0 aromatic heterocycles. The van der Waals surface area contributed by atoms with Gasteiger partial charge in [-0.3, -0.25) is 0 Å². The lowest BCUT2D eigenvalue weighted by molar-refractivity contribution is -0.140. The van der Waals surface area contributed by atoms with Gasteiger partial charge in [0.1, 0.15) is 12.4 Å². The second kappa shape index (κ2) is 7.04. The maximum atomic E-state index is 12.1. The fourth-order valence-electron chi connectivity index (χ4n) is 2.06. The zero-order valence-electron chi connectivity index (χ0n) is 12.0. The van der Waals surface area contributed by atoms with Crippen LogP contribution in [0.5, 0.6) is 0 Å². The minimum Gasteiger partial charge on any atom is -0.466 e. The van der Waals surface area contributed by atoms with Crippen molar-refractivity contribution in [2.45, 2.75) is 4.90 Å². The number of hydrogen-bond acceptors (Lipinski definition) is 7. The van der Waals surface area contributed by atoms with E-state index in [4.69, 9.17) is 25.8 Å². The summed E-state index contributed by atoms with van der Waals surface area (Å²) in [5.41, 5.74) is 0.718. The molecule has 6 nitrogen and oxygen atoms in total. The molecule has 0 N–H and O–H groups in total. The summed E-state index contributed by atoms with van der Waals surface area (Å²) in [5, 5.41) is 0.503. The second-order valence-corrected chi connectivity index (χ2v) is 5.27. The first-order chi connectivity index (χ1) is 10.5. The van der Waals surface area contributed by atoms with E-state index in [9.17, 15) is 9.59 Å². The second-order valence-electron chi connectivity index (χ2n) is 4.35. The lowest BCUT2D eigenvalue weighted by atomic mass is 10.1. The molecule has 0 unspecified atom stereocenters. The molecule has 0 atom stereocenters. The van der Waals surface area contributed by atoms with Crippen molar-refractivity contribution in [3.05, 3.63) is 34.5 Å². The molecule has 1 aliphatic rings. The molecule has 1 aromatic carbocycles. The van der Waals surface area contributed by atoms with E-state index in [1.54, 1.807) is 18.2 Å². The van der Waals surface area contributed by atoms with Crippen LogP contribution < -0.4 is 4.90 Å². The Morgan fingerprint density at radius 2 is 1.95 bits per heavy atom. The van der Waals surface area contributed by atoms with Crippen molar-refractivity contribution < 1.29 is 23.8 Å². The van der Waals surface area contributed by atoms with Gasteiger partial charge in [0.2, 0.25) is 0 Å². The van der Waals surface area contributed by atoms with Crippen molar-refractivity contribution in [3.63, 3.8) is 0 Å². The Morgan fingerprint density at radius 1 is 1.27 bits per heavy atom. The van der Waals surface area contributed by atoms with Gasteiger partial charge in [0.25, 0.3) is 0 Å².